The topological polar surface area (TPSA) is 104 Å². The van der Waals surface area contributed by atoms with Gasteiger partial charge in [-0.1, -0.05) is 6.07 Å². The van der Waals surface area contributed by atoms with Gasteiger partial charge in [0.05, 0.1) is 4.92 Å². The number of carbonyl (C=O) groups excluding carboxylic acids is 3. The maximum atomic E-state index is 11.8. The Morgan fingerprint density at radius 1 is 1.04 bits per heavy atom. The Morgan fingerprint density at radius 3 is 2.28 bits per heavy atom. The van der Waals surface area contributed by atoms with Crippen molar-refractivity contribution in [1.29, 1.82) is 0 Å². The van der Waals surface area contributed by atoms with Crippen LogP contribution in [0.15, 0.2) is 54.6 Å². The molecule has 0 saturated carbocycles. The van der Waals surface area contributed by atoms with Gasteiger partial charge in [0.1, 0.15) is 0 Å². The molecule has 2 aromatic rings. The molecule has 0 aliphatic heterocycles. The van der Waals surface area contributed by atoms with Crippen LogP contribution in [0, 0.1) is 10.1 Å². The van der Waals surface area contributed by atoms with Gasteiger partial charge in [-0.05, 0) is 0 Å². The van der Waals surface area contributed by atoms with Crippen molar-refractivity contribution in [2.24, 2.45) is 0 Å². The molecule has 0 bridgehead atoms. The van der Waals surface area contributed by atoms with Crippen molar-refractivity contribution in [3.05, 3.63) is 81.4 Å². The summed E-state index contributed by atoms with van der Waals surface area (Å²) in [5.41, 5.74) is 0.797. The zero-order valence-electron chi connectivity index (χ0n) is 12.6. The number of ether oxygens (including phenoxy) is 1. The third kappa shape index (κ3) is 5.20. The average molecular weight is 403 g/mol. The fraction of sp³-hybridized carbons (Fsp3) is 0. The van der Waals surface area contributed by atoms with E-state index in [0.29, 0.717) is 11.1 Å². The first-order chi connectivity index (χ1) is 11.9. The van der Waals surface area contributed by atoms with Crippen LogP contribution >= 0.6 is 0 Å². The van der Waals surface area contributed by atoms with Gasteiger partial charge in [-0.25, -0.2) is 0 Å². The Labute approximate surface area is 150 Å². The molecule has 0 unspecified atom stereocenters. The van der Waals surface area contributed by atoms with Gasteiger partial charge in [-0.2, -0.15) is 0 Å². The quantitative estimate of drug-likeness (QED) is 0.190. The number of esters is 2. The predicted molar refractivity (Wildman–Crippen MR) is 89.1 cm³/mol. The number of nitrogens with zero attached hydrogens (tertiary/aromatic N) is 1. The first kappa shape index (κ1) is 18.3. The number of hydrogen-bond donors (Lipinski definition) is 0. The van der Waals surface area contributed by atoms with E-state index in [-0.39, 0.29) is 15.9 Å². The third-order valence-electron chi connectivity index (χ3n) is 3.04. The molecule has 0 spiro atoms. The molecule has 0 N–H and O–H groups in total. The van der Waals surface area contributed by atoms with Crippen LogP contribution in [0.25, 0.3) is 6.08 Å². The molecule has 0 aliphatic rings. The molecule has 1 radical (unpaired) electrons. The number of benzene rings is 2. The first-order valence-electron chi connectivity index (χ1n) is 6.87. The fourth-order valence-corrected chi connectivity index (χ4v) is 2.12. The van der Waals surface area contributed by atoms with Crippen molar-refractivity contribution in [3.63, 3.8) is 0 Å². The summed E-state index contributed by atoms with van der Waals surface area (Å²) in [6.07, 6.45) is 2.30. The molecule has 0 aromatic heterocycles. The second kappa shape index (κ2) is 8.14. The van der Waals surface area contributed by atoms with Crippen LogP contribution in [0.1, 0.15) is 26.3 Å². The van der Waals surface area contributed by atoms with Gasteiger partial charge in [0.2, 0.25) is 0 Å². The Kier molecular flexibility index (Phi) is 5.94. The van der Waals surface area contributed by atoms with E-state index in [2.05, 4.69) is 20.7 Å². The van der Waals surface area contributed by atoms with Gasteiger partial charge >= 0.3 is 117 Å². The standard InChI is InChI=1S/C17H10NO6Se/c19-15(9-4-11-2-1-3-14(10-11)18(22)23)24-16(20)12-5-7-13(8-6-12)17(21)25/h1-10H/b9-4+. The monoisotopic (exact) mass is 404 g/mol. The SMILES string of the molecule is O=C(/C=C/c1cccc([N+](=O)[O-])c1)OC(=O)c1ccc(C(=O)[Se])cc1. The Hall–Kier alpha value is -3.09. The van der Waals surface area contributed by atoms with Crippen molar-refractivity contribution >= 4 is 44.4 Å². The summed E-state index contributed by atoms with van der Waals surface area (Å²) in [6.45, 7) is 0. The summed E-state index contributed by atoms with van der Waals surface area (Å²) >= 11 is 2.32. The molecule has 0 amide bonds. The number of rotatable bonds is 5. The molecule has 2 aromatic carbocycles. The van der Waals surface area contributed by atoms with Gasteiger partial charge in [-0.15, -0.1) is 0 Å². The van der Waals surface area contributed by atoms with Crippen molar-refractivity contribution in [3.8, 4) is 0 Å². The zero-order chi connectivity index (χ0) is 18.4. The number of non-ortho nitro benzene ring substituents is 1. The van der Waals surface area contributed by atoms with Crippen molar-refractivity contribution < 1.29 is 24.0 Å². The van der Waals surface area contributed by atoms with Gasteiger partial charge in [0, 0.05) is 6.07 Å². The minimum absolute atomic E-state index is 0.113. The minimum atomic E-state index is -0.916. The first-order valence-corrected chi connectivity index (χ1v) is 7.72. The van der Waals surface area contributed by atoms with Crippen molar-refractivity contribution in [2.75, 3.05) is 0 Å². The second-order valence-electron chi connectivity index (χ2n) is 4.76. The summed E-state index contributed by atoms with van der Waals surface area (Å²) in [5, 5.41) is 10.7. The Balaban J connectivity index is 2.01. The van der Waals surface area contributed by atoms with Crippen LogP contribution in [0.3, 0.4) is 0 Å². The number of nitro benzene ring substituents is 1. The van der Waals surface area contributed by atoms with Crippen LogP contribution < -0.4 is 0 Å². The molecule has 8 heteroatoms. The molecular weight excluding hydrogens is 393 g/mol. The molecular formula is C17H10NO6Se. The van der Waals surface area contributed by atoms with Gasteiger partial charge in [0.25, 0.3) is 5.69 Å². The summed E-state index contributed by atoms with van der Waals surface area (Å²) in [7, 11) is 0. The molecule has 0 heterocycles. The molecule has 7 nitrogen and oxygen atoms in total. The summed E-state index contributed by atoms with van der Waals surface area (Å²) in [4.78, 5) is 44.7. The number of hydrogen-bond acceptors (Lipinski definition) is 6. The molecule has 25 heavy (non-hydrogen) atoms. The fourth-order valence-electron chi connectivity index (χ4n) is 1.83. The van der Waals surface area contributed by atoms with E-state index in [9.17, 15) is 24.5 Å². The van der Waals surface area contributed by atoms with Gasteiger partial charge in [0.15, 0.2) is 0 Å². The molecule has 125 valence electrons. The summed E-state index contributed by atoms with van der Waals surface area (Å²) < 4.78 is 4.38. The van der Waals surface area contributed by atoms with E-state index >= 15 is 0 Å². The maximum absolute atomic E-state index is 11.8. The molecule has 0 aliphatic carbocycles. The van der Waals surface area contributed by atoms with Crippen molar-refractivity contribution in [1.82, 2.24) is 0 Å². The van der Waals surface area contributed by atoms with Crippen LogP contribution in [0.4, 0.5) is 5.69 Å². The van der Waals surface area contributed by atoms with Crippen LogP contribution in [-0.2, 0) is 9.53 Å². The number of carbonyl (C=O) groups is 3. The van der Waals surface area contributed by atoms with E-state index in [1.807, 2.05) is 0 Å². The summed E-state index contributed by atoms with van der Waals surface area (Å²) in [5.74, 6) is -1.78. The second-order valence-corrected chi connectivity index (χ2v) is 5.54. The van der Waals surface area contributed by atoms with Crippen LogP contribution in [0.2, 0.25) is 0 Å². The number of nitro groups is 1. The molecule has 0 saturated heterocycles. The third-order valence-corrected chi connectivity index (χ3v) is 3.54. The van der Waals surface area contributed by atoms with E-state index in [1.54, 1.807) is 6.07 Å². The van der Waals surface area contributed by atoms with E-state index in [4.69, 9.17) is 0 Å². The van der Waals surface area contributed by atoms with E-state index < -0.39 is 16.9 Å². The normalized spacial score (nSPS) is 10.4. The van der Waals surface area contributed by atoms with E-state index in [0.717, 1.165) is 6.08 Å². The predicted octanol–water partition coefficient (Wildman–Crippen LogP) is 2.30. The van der Waals surface area contributed by atoms with E-state index in [1.165, 1.54) is 48.5 Å². The Morgan fingerprint density at radius 2 is 1.68 bits per heavy atom. The van der Waals surface area contributed by atoms with Crippen LogP contribution in [-0.4, -0.2) is 37.6 Å². The summed E-state index contributed by atoms with van der Waals surface area (Å²) in [6, 6.07) is 11.2. The average Bonchev–Trinajstić information content (AvgIpc) is 2.60. The van der Waals surface area contributed by atoms with Gasteiger partial charge < -0.3 is 0 Å². The van der Waals surface area contributed by atoms with Gasteiger partial charge in [-0.3, -0.25) is 10.1 Å². The molecule has 0 fully saturated rings. The Bertz CT molecular complexity index is 873. The molecule has 2 rings (SSSR count). The molecule has 0 atom stereocenters. The zero-order valence-corrected chi connectivity index (χ0v) is 14.3. The van der Waals surface area contributed by atoms with Crippen molar-refractivity contribution in [2.45, 2.75) is 0 Å². The van der Waals surface area contributed by atoms with Crippen LogP contribution in [0.5, 0.6) is 0 Å².